The first-order valence-corrected chi connectivity index (χ1v) is 9.95. The number of thiophene rings is 1. The lowest BCUT2D eigenvalue weighted by Gasteiger charge is -2.09. The van der Waals surface area contributed by atoms with Crippen LogP contribution in [0.4, 0.5) is 10.2 Å². The number of fused-ring (bicyclic) bond motifs is 1. The molecule has 0 atom stereocenters. The van der Waals surface area contributed by atoms with Crippen LogP contribution in [0, 0.1) is 5.82 Å². The Hall–Kier alpha value is -2.22. The molecule has 1 amide bonds. The van der Waals surface area contributed by atoms with E-state index < -0.39 is 0 Å². The van der Waals surface area contributed by atoms with Crippen LogP contribution in [0.25, 0.3) is 10.1 Å². The zero-order valence-corrected chi connectivity index (χ0v) is 16.9. The maximum Gasteiger partial charge on any atom is 0.268 e. The third kappa shape index (κ3) is 3.76. The first-order valence-electron chi connectivity index (χ1n) is 7.96. The van der Waals surface area contributed by atoms with E-state index in [9.17, 15) is 9.18 Å². The van der Waals surface area contributed by atoms with Crippen LogP contribution in [0.1, 0.15) is 15.2 Å². The van der Waals surface area contributed by atoms with Crippen LogP contribution in [-0.2, 0) is 6.54 Å². The van der Waals surface area contributed by atoms with E-state index >= 15 is 0 Å². The number of amides is 1. The van der Waals surface area contributed by atoms with Gasteiger partial charge in [0.05, 0.1) is 17.8 Å². The van der Waals surface area contributed by atoms with Crippen LogP contribution >= 0.6 is 38.9 Å². The summed E-state index contributed by atoms with van der Waals surface area (Å²) in [7, 11) is 0. The molecule has 4 rings (SSSR count). The topological polar surface area (TPSA) is 46.9 Å². The van der Waals surface area contributed by atoms with E-state index in [1.165, 1.54) is 12.1 Å². The van der Waals surface area contributed by atoms with E-state index in [4.69, 9.17) is 11.6 Å². The third-order valence-corrected chi connectivity index (χ3v) is 6.19. The van der Waals surface area contributed by atoms with E-state index in [1.807, 2.05) is 24.3 Å². The van der Waals surface area contributed by atoms with Gasteiger partial charge in [-0.05, 0) is 35.9 Å². The van der Waals surface area contributed by atoms with Gasteiger partial charge in [-0.25, -0.2) is 9.07 Å². The summed E-state index contributed by atoms with van der Waals surface area (Å²) >= 11 is 10.9. The zero-order valence-electron chi connectivity index (χ0n) is 13.7. The van der Waals surface area contributed by atoms with Crippen molar-refractivity contribution in [2.24, 2.45) is 0 Å². The van der Waals surface area contributed by atoms with Gasteiger partial charge < -0.3 is 5.32 Å². The molecule has 136 valence electrons. The van der Waals surface area contributed by atoms with Gasteiger partial charge in [0.25, 0.3) is 5.91 Å². The first kappa shape index (κ1) is 18.2. The summed E-state index contributed by atoms with van der Waals surface area (Å²) < 4.78 is 16.7. The molecule has 4 aromatic rings. The molecule has 0 saturated carbocycles. The van der Waals surface area contributed by atoms with E-state index in [1.54, 1.807) is 23.0 Å². The van der Waals surface area contributed by atoms with Gasteiger partial charge in [0.1, 0.15) is 16.5 Å². The van der Waals surface area contributed by atoms with Gasteiger partial charge in [0, 0.05) is 20.6 Å². The SMILES string of the molecule is O=C(Nc1ccnn1Cc1ccc(Br)cc1)c1sc2cc(F)ccc2c1Cl. The van der Waals surface area contributed by atoms with Gasteiger partial charge in [0.2, 0.25) is 0 Å². The number of rotatable bonds is 4. The molecule has 0 aliphatic carbocycles. The number of carbonyl (C=O) groups is 1. The fourth-order valence-electron chi connectivity index (χ4n) is 2.69. The van der Waals surface area contributed by atoms with Gasteiger partial charge in [-0.1, -0.05) is 39.7 Å². The van der Waals surface area contributed by atoms with E-state index in [2.05, 4.69) is 26.3 Å². The van der Waals surface area contributed by atoms with Crippen molar-refractivity contribution in [3.05, 3.63) is 80.5 Å². The number of carbonyl (C=O) groups excluding carboxylic acids is 1. The minimum absolute atomic E-state index is 0.325. The van der Waals surface area contributed by atoms with Crippen molar-refractivity contribution in [1.29, 1.82) is 0 Å². The van der Waals surface area contributed by atoms with Crippen molar-refractivity contribution in [2.75, 3.05) is 5.32 Å². The number of aromatic nitrogens is 2. The van der Waals surface area contributed by atoms with Crippen LogP contribution in [0.15, 0.2) is 59.2 Å². The number of halogens is 3. The van der Waals surface area contributed by atoms with Crippen LogP contribution in [0.3, 0.4) is 0 Å². The number of nitrogens with one attached hydrogen (secondary N) is 1. The van der Waals surface area contributed by atoms with E-state index in [-0.39, 0.29) is 11.7 Å². The van der Waals surface area contributed by atoms with Crippen LogP contribution in [0.2, 0.25) is 5.02 Å². The van der Waals surface area contributed by atoms with Gasteiger partial charge >= 0.3 is 0 Å². The van der Waals surface area contributed by atoms with Crippen molar-refractivity contribution in [2.45, 2.75) is 6.54 Å². The van der Waals surface area contributed by atoms with E-state index in [0.717, 1.165) is 21.4 Å². The molecule has 0 bridgehead atoms. The summed E-state index contributed by atoms with van der Waals surface area (Å²) in [5.74, 6) is -0.151. The highest BCUT2D eigenvalue weighted by molar-refractivity contribution is 9.10. The Morgan fingerprint density at radius 3 is 2.78 bits per heavy atom. The number of hydrogen-bond acceptors (Lipinski definition) is 3. The number of nitrogens with zero attached hydrogens (tertiary/aromatic N) is 2. The molecule has 0 unspecified atom stereocenters. The molecule has 0 spiro atoms. The quantitative estimate of drug-likeness (QED) is 0.405. The van der Waals surface area contributed by atoms with Crippen molar-refractivity contribution >= 4 is 60.7 Å². The molecule has 27 heavy (non-hydrogen) atoms. The normalized spacial score (nSPS) is 11.1. The summed E-state index contributed by atoms with van der Waals surface area (Å²) in [5, 5.41) is 8.10. The zero-order chi connectivity index (χ0) is 19.0. The van der Waals surface area contributed by atoms with Gasteiger partial charge in [-0.3, -0.25) is 4.79 Å². The van der Waals surface area contributed by atoms with Gasteiger partial charge in [-0.15, -0.1) is 11.3 Å². The highest BCUT2D eigenvalue weighted by Crippen LogP contribution is 2.36. The summed E-state index contributed by atoms with van der Waals surface area (Å²) in [6.07, 6.45) is 1.62. The second-order valence-electron chi connectivity index (χ2n) is 5.84. The maximum atomic E-state index is 13.4. The summed E-state index contributed by atoms with van der Waals surface area (Å²) in [5.41, 5.74) is 1.05. The van der Waals surface area contributed by atoms with Crippen LogP contribution < -0.4 is 5.32 Å². The minimum Gasteiger partial charge on any atom is -0.306 e. The molecule has 1 N–H and O–H groups in total. The van der Waals surface area contributed by atoms with Gasteiger partial charge in [0.15, 0.2) is 0 Å². The average Bonchev–Trinajstić information content (AvgIpc) is 3.21. The van der Waals surface area contributed by atoms with Crippen LogP contribution in [0.5, 0.6) is 0 Å². The molecule has 2 heterocycles. The Morgan fingerprint density at radius 1 is 1.22 bits per heavy atom. The number of hydrogen-bond donors (Lipinski definition) is 1. The predicted octanol–water partition coefficient (Wildman–Crippen LogP) is 5.95. The van der Waals surface area contributed by atoms with Gasteiger partial charge in [-0.2, -0.15) is 5.10 Å². The van der Waals surface area contributed by atoms with Crippen molar-refractivity contribution in [3.8, 4) is 0 Å². The summed E-state index contributed by atoms with van der Waals surface area (Å²) in [6.45, 7) is 0.515. The Morgan fingerprint density at radius 2 is 2.00 bits per heavy atom. The fraction of sp³-hybridized carbons (Fsp3) is 0.0526. The lowest BCUT2D eigenvalue weighted by atomic mass is 10.2. The Bertz CT molecular complexity index is 1140. The summed E-state index contributed by atoms with van der Waals surface area (Å²) in [6, 6.07) is 13.9. The number of anilines is 1. The average molecular weight is 465 g/mol. The molecule has 2 aromatic carbocycles. The Labute approximate surface area is 171 Å². The van der Waals surface area contributed by atoms with Crippen molar-refractivity contribution in [3.63, 3.8) is 0 Å². The fourth-order valence-corrected chi connectivity index (χ4v) is 4.39. The second kappa shape index (κ2) is 7.42. The van der Waals surface area contributed by atoms with Crippen molar-refractivity contribution in [1.82, 2.24) is 9.78 Å². The Kier molecular flexibility index (Phi) is 4.99. The third-order valence-electron chi connectivity index (χ3n) is 4.00. The lowest BCUT2D eigenvalue weighted by molar-refractivity contribution is 0.102. The molecule has 2 aromatic heterocycles. The molecular weight excluding hydrogens is 453 g/mol. The molecule has 0 radical (unpaired) electrons. The molecule has 0 aliphatic heterocycles. The summed E-state index contributed by atoms with van der Waals surface area (Å²) in [4.78, 5) is 13.1. The largest absolute Gasteiger partial charge is 0.306 e. The Balaban J connectivity index is 1.58. The number of benzene rings is 2. The van der Waals surface area contributed by atoms with Crippen LogP contribution in [-0.4, -0.2) is 15.7 Å². The molecule has 8 heteroatoms. The molecule has 4 nitrogen and oxygen atoms in total. The lowest BCUT2D eigenvalue weighted by Crippen LogP contribution is -2.15. The highest BCUT2D eigenvalue weighted by atomic mass is 79.9. The monoisotopic (exact) mass is 463 g/mol. The smallest absolute Gasteiger partial charge is 0.268 e. The molecule has 0 aliphatic rings. The van der Waals surface area contributed by atoms with E-state index in [0.29, 0.717) is 32.3 Å². The highest BCUT2D eigenvalue weighted by Gasteiger charge is 2.19. The standard InChI is InChI=1S/C19H12BrClFN3OS/c20-12-3-1-11(2-4-12)10-25-16(7-8-23-25)24-19(26)18-17(21)14-6-5-13(22)9-15(14)27-18/h1-9H,10H2,(H,24,26). The predicted molar refractivity (Wildman–Crippen MR) is 110 cm³/mol. The minimum atomic E-state index is -0.361. The molecule has 0 fully saturated rings. The first-order chi connectivity index (χ1) is 13.0. The van der Waals surface area contributed by atoms with Crippen molar-refractivity contribution < 1.29 is 9.18 Å². The second-order valence-corrected chi connectivity index (χ2v) is 8.19. The molecular formula is C19H12BrClFN3OS. The molecule has 0 saturated heterocycles. The maximum absolute atomic E-state index is 13.4.